The standard InChI is InChI=1S/C21H20NO/c1-13-9-10-22(4)17(11-13)20-15(3)12-14(2)19-16-7-5-6-8-18(16)23-21(19)20/h5-12H,1-4H3/q+1. The second-order valence-corrected chi connectivity index (χ2v) is 6.39. The lowest BCUT2D eigenvalue weighted by molar-refractivity contribution is -0.660. The number of hydrogen-bond donors (Lipinski definition) is 0. The minimum absolute atomic E-state index is 0.952. The fourth-order valence-corrected chi connectivity index (χ4v) is 3.50. The van der Waals surface area contributed by atoms with E-state index in [9.17, 15) is 0 Å². The van der Waals surface area contributed by atoms with Crippen LogP contribution in [0.2, 0.25) is 0 Å². The Morgan fingerprint density at radius 3 is 2.52 bits per heavy atom. The Kier molecular flexibility index (Phi) is 3.02. The molecule has 0 saturated carbocycles. The van der Waals surface area contributed by atoms with Crippen LogP contribution >= 0.6 is 0 Å². The summed E-state index contributed by atoms with van der Waals surface area (Å²) in [6.07, 6.45) is 2.11. The van der Waals surface area contributed by atoms with Crippen LogP contribution in [0.25, 0.3) is 33.2 Å². The average Bonchev–Trinajstić information content (AvgIpc) is 2.90. The van der Waals surface area contributed by atoms with E-state index in [0.29, 0.717) is 0 Å². The molecule has 114 valence electrons. The van der Waals surface area contributed by atoms with Crippen molar-refractivity contribution in [2.24, 2.45) is 7.05 Å². The number of pyridine rings is 1. The number of aromatic nitrogens is 1. The third-order valence-electron chi connectivity index (χ3n) is 4.61. The van der Waals surface area contributed by atoms with Gasteiger partial charge in [-0.3, -0.25) is 0 Å². The van der Waals surface area contributed by atoms with Gasteiger partial charge in [0, 0.05) is 22.9 Å². The van der Waals surface area contributed by atoms with Crippen LogP contribution in [0, 0.1) is 20.8 Å². The second-order valence-electron chi connectivity index (χ2n) is 6.39. The minimum atomic E-state index is 0.952. The minimum Gasteiger partial charge on any atom is -0.455 e. The van der Waals surface area contributed by atoms with Crippen LogP contribution in [0.4, 0.5) is 0 Å². The van der Waals surface area contributed by atoms with E-state index in [1.165, 1.54) is 38.7 Å². The molecule has 0 unspecified atom stereocenters. The van der Waals surface area contributed by atoms with Gasteiger partial charge in [-0.1, -0.05) is 24.3 Å². The maximum Gasteiger partial charge on any atom is 0.216 e. The molecule has 0 saturated heterocycles. The topological polar surface area (TPSA) is 17.0 Å². The van der Waals surface area contributed by atoms with Crippen molar-refractivity contribution in [2.75, 3.05) is 0 Å². The average molecular weight is 302 g/mol. The van der Waals surface area contributed by atoms with Crippen molar-refractivity contribution in [3.8, 4) is 11.3 Å². The number of benzene rings is 2. The van der Waals surface area contributed by atoms with Crippen LogP contribution in [0.5, 0.6) is 0 Å². The molecule has 0 N–H and O–H groups in total. The summed E-state index contributed by atoms with van der Waals surface area (Å²) in [5.74, 6) is 0. The molecular weight excluding hydrogens is 282 g/mol. The third-order valence-corrected chi connectivity index (χ3v) is 4.61. The molecule has 23 heavy (non-hydrogen) atoms. The van der Waals surface area contributed by atoms with E-state index in [1.54, 1.807) is 0 Å². The Morgan fingerprint density at radius 2 is 1.70 bits per heavy atom. The molecule has 0 amide bonds. The van der Waals surface area contributed by atoms with Crippen molar-refractivity contribution < 1.29 is 8.98 Å². The lowest BCUT2D eigenvalue weighted by atomic mass is 9.96. The Morgan fingerprint density at radius 1 is 0.913 bits per heavy atom. The summed E-state index contributed by atoms with van der Waals surface area (Å²) in [6, 6.07) is 14.9. The summed E-state index contributed by atoms with van der Waals surface area (Å²) in [6.45, 7) is 6.46. The second kappa shape index (κ2) is 4.95. The highest BCUT2D eigenvalue weighted by Crippen LogP contribution is 2.38. The molecule has 2 nitrogen and oxygen atoms in total. The molecule has 4 rings (SSSR count). The fourth-order valence-electron chi connectivity index (χ4n) is 3.50. The van der Waals surface area contributed by atoms with Gasteiger partial charge < -0.3 is 4.42 Å². The van der Waals surface area contributed by atoms with Gasteiger partial charge in [0.05, 0.1) is 5.56 Å². The Balaban J connectivity index is 2.21. The highest BCUT2D eigenvalue weighted by Gasteiger charge is 2.21. The van der Waals surface area contributed by atoms with Crippen LogP contribution in [0.15, 0.2) is 53.1 Å². The summed E-state index contributed by atoms with van der Waals surface area (Å²) < 4.78 is 8.45. The Bertz CT molecular complexity index is 1060. The largest absolute Gasteiger partial charge is 0.455 e. The van der Waals surface area contributed by atoms with E-state index in [-0.39, 0.29) is 0 Å². The quantitative estimate of drug-likeness (QED) is 0.452. The summed E-state index contributed by atoms with van der Waals surface area (Å²) in [4.78, 5) is 0. The number of aryl methyl sites for hydroxylation is 4. The molecule has 0 bridgehead atoms. The highest BCUT2D eigenvalue weighted by molar-refractivity contribution is 6.11. The summed E-state index contributed by atoms with van der Waals surface area (Å²) in [5, 5.41) is 2.42. The van der Waals surface area contributed by atoms with Gasteiger partial charge in [-0.15, -0.1) is 0 Å². The van der Waals surface area contributed by atoms with Crippen molar-refractivity contribution in [1.29, 1.82) is 0 Å². The van der Waals surface area contributed by atoms with Gasteiger partial charge >= 0.3 is 0 Å². The maximum atomic E-state index is 6.28. The van der Waals surface area contributed by atoms with Gasteiger partial charge in [0.25, 0.3) is 0 Å². The molecule has 2 aromatic heterocycles. The molecule has 2 heterocycles. The van der Waals surface area contributed by atoms with Crippen LogP contribution in [-0.2, 0) is 7.05 Å². The first kappa shape index (κ1) is 14.0. The summed E-state index contributed by atoms with van der Waals surface area (Å²) in [7, 11) is 2.09. The van der Waals surface area contributed by atoms with Gasteiger partial charge in [-0.25, -0.2) is 4.57 Å². The van der Waals surface area contributed by atoms with Gasteiger partial charge in [0.1, 0.15) is 18.2 Å². The van der Waals surface area contributed by atoms with E-state index in [2.05, 4.69) is 68.9 Å². The maximum absolute atomic E-state index is 6.28. The SMILES string of the molecule is Cc1cc[n+](C)c(-c2c(C)cc(C)c3c2oc2ccccc23)c1. The van der Waals surface area contributed by atoms with Gasteiger partial charge in [0.2, 0.25) is 5.69 Å². The van der Waals surface area contributed by atoms with E-state index in [4.69, 9.17) is 4.42 Å². The Labute approximate surface area is 136 Å². The number of fused-ring (bicyclic) bond motifs is 3. The number of hydrogen-bond acceptors (Lipinski definition) is 1. The summed E-state index contributed by atoms with van der Waals surface area (Å²) >= 11 is 0. The van der Waals surface area contributed by atoms with E-state index in [1.807, 2.05) is 12.1 Å². The lowest BCUT2D eigenvalue weighted by Crippen LogP contribution is -2.30. The van der Waals surface area contributed by atoms with Crippen molar-refractivity contribution in [3.05, 3.63) is 65.4 Å². The highest BCUT2D eigenvalue weighted by atomic mass is 16.3. The zero-order valence-corrected chi connectivity index (χ0v) is 14.0. The summed E-state index contributed by atoms with van der Waals surface area (Å²) in [5.41, 5.74) is 8.08. The van der Waals surface area contributed by atoms with Crippen molar-refractivity contribution in [3.63, 3.8) is 0 Å². The number of rotatable bonds is 1. The third kappa shape index (κ3) is 2.06. The molecule has 2 aromatic carbocycles. The van der Waals surface area contributed by atoms with E-state index in [0.717, 1.165) is 11.2 Å². The predicted molar refractivity (Wildman–Crippen MR) is 94.5 cm³/mol. The normalized spacial score (nSPS) is 11.5. The molecule has 0 spiro atoms. The number of furan rings is 1. The molecule has 0 fully saturated rings. The van der Waals surface area contributed by atoms with E-state index < -0.39 is 0 Å². The first-order valence-electron chi connectivity index (χ1n) is 7.94. The van der Waals surface area contributed by atoms with Gasteiger partial charge in [0.15, 0.2) is 6.20 Å². The van der Waals surface area contributed by atoms with Crippen molar-refractivity contribution >= 4 is 21.9 Å². The molecular formula is C21H20NO+. The smallest absolute Gasteiger partial charge is 0.216 e. The molecule has 0 aliphatic heterocycles. The number of nitrogens with zero attached hydrogens (tertiary/aromatic N) is 1. The van der Waals surface area contributed by atoms with Gasteiger partial charge in [-0.2, -0.15) is 0 Å². The molecule has 0 radical (unpaired) electrons. The molecule has 4 aromatic rings. The lowest BCUT2D eigenvalue weighted by Gasteiger charge is -2.08. The molecule has 2 heteroatoms. The van der Waals surface area contributed by atoms with Crippen LogP contribution in [-0.4, -0.2) is 0 Å². The Hall–Kier alpha value is -2.61. The fraction of sp³-hybridized carbons (Fsp3) is 0.190. The molecule has 0 atom stereocenters. The zero-order chi connectivity index (χ0) is 16.1. The zero-order valence-electron chi connectivity index (χ0n) is 14.0. The molecule has 0 aliphatic rings. The first-order valence-corrected chi connectivity index (χ1v) is 7.94. The predicted octanol–water partition coefficient (Wildman–Crippen LogP) is 5.00. The van der Waals surface area contributed by atoms with Crippen LogP contribution in [0.3, 0.4) is 0 Å². The first-order chi connectivity index (χ1) is 11.1. The van der Waals surface area contributed by atoms with Crippen LogP contribution in [0.1, 0.15) is 16.7 Å². The van der Waals surface area contributed by atoms with Crippen molar-refractivity contribution in [2.45, 2.75) is 20.8 Å². The molecule has 0 aliphatic carbocycles. The number of para-hydroxylation sites is 1. The van der Waals surface area contributed by atoms with Gasteiger partial charge in [-0.05, 0) is 43.5 Å². The van der Waals surface area contributed by atoms with E-state index >= 15 is 0 Å². The van der Waals surface area contributed by atoms with Crippen molar-refractivity contribution in [1.82, 2.24) is 0 Å². The van der Waals surface area contributed by atoms with Crippen LogP contribution < -0.4 is 4.57 Å². The monoisotopic (exact) mass is 302 g/mol.